The van der Waals surface area contributed by atoms with E-state index in [-0.39, 0.29) is 5.82 Å². The van der Waals surface area contributed by atoms with Gasteiger partial charge in [-0.3, -0.25) is 15.3 Å². The van der Waals surface area contributed by atoms with Gasteiger partial charge in [0.25, 0.3) is 0 Å². The first-order valence-corrected chi connectivity index (χ1v) is 21.1. The number of fused-ring (bicyclic) bond motifs is 1. The summed E-state index contributed by atoms with van der Waals surface area (Å²) in [6, 6.07) is 18.2. The predicted molar refractivity (Wildman–Crippen MR) is 218 cm³/mol. The average molecular weight is 691 g/mol. The van der Waals surface area contributed by atoms with E-state index in [4.69, 9.17) is 4.98 Å². The van der Waals surface area contributed by atoms with Crippen LogP contribution in [0.25, 0.3) is 27.9 Å². The van der Waals surface area contributed by atoms with E-state index in [1.165, 1.54) is 54.2 Å². The predicted octanol–water partition coefficient (Wildman–Crippen LogP) is 10.4. The van der Waals surface area contributed by atoms with Crippen molar-refractivity contribution in [2.24, 2.45) is 0 Å². The lowest BCUT2D eigenvalue weighted by Gasteiger charge is -2.26. The van der Waals surface area contributed by atoms with E-state index < -0.39 is 6.89 Å². The molecular formula is C41H60FN4PS. The van der Waals surface area contributed by atoms with Gasteiger partial charge in [0.15, 0.2) is 0 Å². The summed E-state index contributed by atoms with van der Waals surface area (Å²) < 4.78 is 13.8. The summed E-state index contributed by atoms with van der Waals surface area (Å²) in [5, 5.41) is 10.0. The molecule has 1 fully saturated rings. The maximum Gasteiger partial charge on any atom is 0.123 e. The first kappa shape index (κ1) is 41.3. The van der Waals surface area contributed by atoms with E-state index in [9.17, 15) is 4.39 Å². The highest BCUT2D eigenvalue weighted by atomic mass is 32.1. The molecule has 4 aromatic rings. The van der Waals surface area contributed by atoms with Crippen molar-refractivity contribution < 1.29 is 4.39 Å². The highest BCUT2D eigenvalue weighted by Crippen LogP contribution is 2.43. The number of allylic oxidation sites excluding steroid dienone is 1. The lowest BCUT2D eigenvalue weighted by Crippen LogP contribution is -2.27. The van der Waals surface area contributed by atoms with E-state index in [0.29, 0.717) is 6.04 Å². The van der Waals surface area contributed by atoms with Crippen molar-refractivity contribution in [2.45, 2.75) is 93.5 Å². The average Bonchev–Trinajstić information content (AvgIpc) is 3.67. The van der Waals surface area contributed by atoms with Crippen LogP contribution in [-0.2, 0) is 6.42 Å². The van der Waals surface area contributed by atoms with E-state index in [0.717, 1.165) is 58.2 Å². The molecule has 2 N–H and O–H groups in total. The van der Waals surface area contributed by atoms with Crippen LogP contribution in [0.2, 0.25) is 0 Å². The third kappa shape index (κ3) is 10.8. The molecule has 2 aromatic carbocycles. The van der Waals surface area contributed by atoms with Gasteiger partial charge in [-0.1, -0.05) is 66.5 Å². The van der Waals surface area contributed by atoms with Gasteiger partial charge in [0.1, 0.15) is 5.82 Å². The van der Waals surface area contributed by atoms with Crippen LogP contribution in [0, 0.1) is 19.7 Å². The number of nitrogens with zero attached hydrogens (tertiary/aromatic N) is 2. The number of benzene rings is 2. The van der Waals surface area contributed by atoms with Crippen molar-refractivity contribution in [1.82, 2.24) is 20.6 Å². The van der Waals surface area contributed by atoms with Gasteiger partial charge in [-0.15, -0.1) is 0 Å². The first-order valence-electron chi connectivity index (χ1n) is 17.7. The van der Waals surface area contributed by atoms with Gasteiger partial charge in [0, 0.05) is 47.5 Å². The zero-order valence-electron chi connectivity index (χ0n) is 31.1. The number of aryl methyl sites for hydroxylation is 1. The smallest absolute Gasteiger partial charge is 0.123 e. The topological polar surface area (TPSA) is 49.8 Å². The quantitative estimate of drug-likeness (QED) is 0.115. The van der Waals surface area contributed by atoms with E-state index in [1.807, 2.05) is 52.1 Å². The van der Waals surface area contributed by atoms with Gasteiger partial charge in [-0.2, -0.15) is 12.6 Å². The minimum atomic E-state index is -1.60. The van der Waals surface area contributed by atoms with Crippen LogP contribution in [0.4, 0.5) is 4.39 Å². The highest BCUT2D eigenvalue weighted by molar-refractivity contribution is 7.81. The zero-order valence-corrected chi connectivity index (χ0v) is 32.9. The van der Waals surface area contributed by atoms with Crippen LogP contribution in [0.1, 0.15) is 89.6 Å². The third-order valence-corrected chi connectivity index (χ3v) is 12.4. The Balaban J connectivity index is 0.00000126. The Kier molecular flexibility index (Phi) is 18.2. The second kappa shape index (κ2) is 21.2. The van der Waals surface area contributed by atoms with Gasteiger partial charge in [-0.25, -0.2) is 4.39 Å². The molecule has 0 radical (unpaired) electrons. The van der Waals surface area contributed by atoms with Crippen molar-refractivity contribution in [3.05, 3.63) is 95.1 Å². The fourth-order valence-electron chi connectivity index (χ4n) is 6.11. The van der Waals surface area contributed by atoms with Crippen molar-refractivity contribution in [1.29, 1.82) is 0 Å². The fourth-order valence-corrected chi connectivity index (χ4v) is 8.63. The minimum Gasteiger partial charge on any atom is -0.384 e. The van der Waals surface area contributed by atoms with Crippen molar-refractivity contribution in [3.8, 4) is 11.3 Å². The largest absolute Gasteiger partial charge is 0.384 e. The Hall–Kier alpha value is -2.92. The maximum atomic E-state index is 13.8. The fraction of sp³-hybridized carbons (Fsp3) is 0.439. The van der Waals surface area contributed by atoms with Crippen molar-refractivity contribution >= 4 is 47.3 Å². The summed E-state index contributed by atoms with van der Waals surface area (Å²) in [5.74, 6) is 2.21. The van der Waals surface area contributed by atoms with Gasteiger partial charge >= 0.3 is 0 Å². The summed E-state index contributed by atoms with van der Waals surface area (Å²) in [5.41, 5.74) is 8.67. The molecule has 1 aliphatic rings. The van der Waals surface area contributed by atoms with Gasteiger partial charge in [0.05, 0.1) is 11.2 Å². The van der Waals surface area contributed by atoms with Gasteiger partial charge < -0.3 is 5.32 Å². The van der Waals surface area contributed by atoms with Gasteiger partial charge in [0.2, 0.25) is 0 Å². The molecular weight excluding hydrogens is 631 g/mol. The number of rotatable bonds is 10. The maximum absolute atomic E-state index is 13.8. The Bertz CT molecular complexity index is 1640. The number of thiol groups is 1. The monoisotopic (exact) mass is 690 g/mol. The summed E-state index contributed by atoms with van der Waals surface area (Å²) in [4.78, 5) is 9.71. The van der Waals surface area contributed by atoms with Crippen LogP contribution in [0.15, 0.2) is 66.9 Å². The number of halogens is 1. The molecule has 0 bridgehead atoms. The molecule has 1 saturated carbocycles. The van der Waals surface area contributed by atoms with Crippen molar-refractivity contribution in [3.63, 3.8) is 0 Å². The number of hydrogen-bond acceptors (Lipinski definition) is 4. The Labute approximate surface area is 296 Å². The number of pyridine rings is 2. The van der Waals surface area contributed by atoms with Crippen LogP contribution in [0.5, 0.6) is 0 Å². The summed E-state index contributed by atoms with van der Waals surface area (Å²) >= 11 is 3.53. The van der Waals surface area contributed by atoms with Crippen molar-refractivity contribution in [2.75, 3.05) is 25.6 Å². The number of nitrogens with one attached hydrogen (secondary N) is 2. The number of aromatic nitrogens is 2. The lowest BCUT2D eigenvalue weighted by molar-refractivity contribution is 0.628. The molecule has 4 nitrogen and oxygen atoms in total. The standard InChI is InChI=1S/C36H44FN4P.2C2H6.CH4S/c1-6-33(29-21-25(3)35-28(22-29)11-10-19-39-35)38-20-18-32-23-34(42(5,7-2)24-40-31-12-8-9-13-31)26(4)36(41-32)27-14-16-30(37)17-15-27;3*1-2/h6,10-11,14-17,19,21-24,31,38,40H,7-9,12-13,18,20H2,1-5H3;2*1-2H3;2H,1H3/b33-6-;;;. The van der Waals surface area contributed by atoms with Gasteiger partial charge in [-0.05, 0) is 129 Å². The van der Waals surface area contributed by atoms with E-state index in [1.54, 1.807) is 6.26 Å². The molecule has 0 saturated heterocycles. The second-order valence-electron chi connectivity index (χ2n) is 11.7. The molecule has 1 aliphatic carbocycles. The van der Waals surface area contributed by atoms with Crippen LogP contribution in [-0.4, -0.2) is 47.6 Å². The normalized spacial score (nSPS) is 14.0. The number of hydrogen-bond donors (Lipinski definition) is 3. The Morgan fingerprint density at radius 1 is 1.00 bits per heavy atom. The highest BCUT2D eigenvalue weighted by Gasteiger charge is 2.21. The summed E-state index contributed by atoms with van der Waals surface area (Å²) in [6.45, 7) is 18.3. The molecule has 262 valence electrons. The third-order valence-electron chi connectivity index (χ3n) is 8.77. The molecule has 1 atom stereocenters. The van der Waals surface area contributed by atoms with Crippen LogP contribution >= 0.6 is 19.5 Å². The van der Waals surface area contributed by atoms with Crippen LogP contribution < -0.4 is 15.9 Å². The minimum absolute atomic E-state index is 0.226. The Morgan fingerprint density at radius 2 is 1.67 bits per heavy atom. The molecule has 0 spiro atoms. The SMILES string of the molecule is C/C=C(\NCCc1cc(P(C)(=CNC2CCCC2)CC)c(C)c(-c2ccc(F)cc2)n1)c1cc(C)c2ncccc2c1.CC.CC.CS. The summed E-state index contributed by atoms with van der Waals surface area (Å²) in [7, 11) is 0. The first-order chi connectivity index (χ1) is 23.3. The Morgan fingerprint density at radius 3 is 2.29 bits per heavy atom. The molecule has 5 rings (SSSR count). The summed E-state index contributed by atoms with van der Waals surface area (Å²) in [6.07, 6.45) is 12.7. The molecule has 0 aliphatic heterocycles. The molecule has 7 heteroatoms. The second-order valence-corrected chi connectivity index (χ2v) is 15.6. The zero-order chi connectivity index (χ0) is 35.7. The lowest BCUT2D eigenvalue weighted by atomic mass is 10.0. The molecule has 2 aromatic heterocycles. The molecule has 2 heterocycles. The molecule has 48 heavy (non-hydrogen) atoms. The van der Waals surface area contributed by atoms with Crippen LogP contribution in [0.3, 0.4) is 0 Å². The molecule has 0 amide bonds. The van der Waals surface area contributed by atoms with E-state index in [2.05, 4.69) is 98.9 Å². The van der Waals surface area contributed by atoms with E-state index >= 15 is 0 Å². The molecule has 1 unspecified atom stereocenters.